The van der Waals surface area contributed by atoms with Crippen molar-refractivity contribution in [1.82, 2.24) is 14.3 Å². The molecule has 6 nitrogen and oxygen atoms in total. The van der Waals surface area contributed by atoms with Crippen LogP contribution in [0.1, 0.15) is 5.69 Å². The van der Waals surface area contributed by atoms with Crippen LogP contribution in [0, 0.1) is 5.82 Å². The fourth-order valence-electron chi connectivity index (χ4n) is 3.99. The number of nitrogens with zero attached hydrogens (tertiary/aromatic N) is 4. The number of aromatic nitrogens is 2. The molecule has 0 aliphatic carbocycles. The Morgan fingerprint density at radius 3 is 2.47 bits per heavy atom. The number of anilines is 1. The number of fused-ring (bicyclic) bond motifs is 1. The zero-order chi connectivity index (χ0) is 22.1. The minimum Gasteiger partial charge on any atom is -0.497 e. The SMILES string of the molecule is COc1ccc(N2CCN(C(=O)Cc3csc4nc(-c5ccc(F)cc5)cn34)CC2)cc1. The van der Waals surface area contributed by atoms with E-state index in [4.69, 9.17) is 4.74 Å². The summed E-state index contributed by atoms with van der Waals surface area (Å²) in [6.45, 7) is 3.00. The van der Waals surface area contributed by atoms with Gasteiger partial charge in [0.25, 0.3) is 0 Å². The number of hydrogen-bond acceptors (Lipinski definition) is 5. The highest BCUT2D eigenvalue weighted by molar-refractivity contribution is 7.15. The lowest BCUT2D eigenvalue weighted by Gasteiger charge is -2.36. The number of methoxy groups -OCH3 is 1. The summed E-state index contributed by atoms with van der Waals surface area (Å²) < 4.78 is 20.4. The van der Waals surface area contributed by atoms with Gasteiger partial charge in [0.2, 0.25) is 5.91 Å². The third kappa shape index (κ3) is 4.05. The van der Waals surface area contributed by atoms with Crippen LogP contribution in [-0.2, 0) is 11.2 Å². The Morgan fingerprint density at radius 1 is 1.06 bits per heavy atom. The van der Waals surface area contributed by atoms with Gasteiger partial charge in [-0.3, -0.25) is 9.20 Å². The van der Waals surface area contributed by atoms with Crippen molar-refractivity contribution in [3.05, 3.63) is 71.6 Å². The highest BCUT2D eigenvalue weighted by Gasteiger charge is 2.23. The molecule has 0 saturated carbocycles. The molecule has 1 fully saturated rings. The quantitative estimate of drug-likeness (QED) is 0.459. The molecule has 2 aromatic carbocycles. The Kier molecular flexibility index (Phi) is 5.53. The van der Waals surface area contributed by atoms with Gasteiger partial charge in [0.15, 0.2) is 4.96 Å². The molecule has 3 heterocycles. The van der Waals surface area contributed by atoms with Crippen molar-refractivity contribution in [3.63, 3.8) is 0 Å². The molecule has 0 bridgehead atoms. The summed E-state index contributed by atoms with van der Waals surface area (Å²) in [5.74, 6) is 0.691. The summed E-state index contributed by atoms with van der Waals surface area (Å²) in [5.41, 5.74) is 3.70. The first-order valence-electron chi connectivity index (χ1n) is 10.5. The smallest absolute Gasteiger partial charge is 0.228 e. The maximum Gasteiger partial charge on any atom is 0.228 e. The number of piperazine rings is 1. The molecule has 8 heteroatoms. The number of imidazole rings is 1. The number of benzene rings is 2. The van der Waals surface area contributed by atoms with Crippen molar-refractivity contribution < 1.29 is 13.9 Å². The Balaban J connectivity index is 1.23. The number of rotatable bonds is 5. The average Bonchev–Trinajstić information content (AvgIpc) is 3.42. The molecule has 5 rings (SSSR count). The number of ether oxygens (including phenoxy) is 1. The molecular formula is C24H23FN4O2S. The minimum atomic E-state index is -0.270. The molecule has 1 aliphatic rings. The van der Waals surface area contributed by atoms with E-state index in [1.807, 2.05) is 33.0 Å². The van der Waals surface area contributed by atoms with Gasteiger partial charge in [-0.25, -0.2) is 9.37 Å². The van der Waals surface area contributed by atoms with Crippen molar-refractivity contribution in [3.8, 4) is 17.0 Å². The molecule has 0 N–H and O–H groups in total. The van der Waals surface area contributed by atoms with E-state index >= 15 is 0 Å². The van der Waals surface area contributed by atoms with Gasteiger partial charge in [-0.1, -0.05) is 0 Å². The molecule has 4 aromatic rings. The maximum absolute atomic E-state index is 13.2. The van der Waals surface area contributed by atoms with Crippen LogP contribution in [0.25, 0.3) is 16.2 Å². The Hall–Kier alpha value is -3.39. The van der Waals surface area contributed by atoms with Gasteiger partial charge in [-0.2, -0.15) is 0 Å². The number of carbonyl (C=O) groups excluding carboxylic acids is 1. The Labute approximate surface area is 189 Å². The van der Waals surface area contributed by atoms with Crippen LogP contribution in [0.3, 0.4) is 0 Å². The summed E-state index contributed by atoms with van der Waals surface area (Å²) in [7, 11) is 1.66. The molecule has 0 atom stereocenters. The lowest BCUT2D eigenvalue weighted by Crippen LogP contribution is -2.49. The van der Waals surface area contributed by atoms with Crippen LogP contribution in [0.15, 0.2) is 60.1 Å². The van der Waals surface area contributed by atoms with Crippen molar-refractivity contribution in [2.24, 2.45) is 0 Å². The summed E-state index contributed by atoms with van der Waals surface area (Å²) in [6.07, 6.45) is 2.26. The highest BCUT2D eigenvalue weighted by atomic mass is 32.1. The monoisotopic (exact) mass is 450 g/mol. The van der Waals surface area contributed by atoms with Crippen molar-refractivity contribution in [1.29, 1.82) is 0 Å². The molecular weight excluding hydrogens is 427 g/mol. The summed E-state index contributed by atoms with van der Waals surface area (Å²) in [5, 5.41) is 1.99. The lowest BCUT2D eigenvalue weighted by atomic mass is 10.2. The lowest BCUT2D eigenvalue weighted by molar-refractivity contribution is -0.130. The zero-order valence-electron chi connectivity index (χ0n) is 17.7. The first kappa shape index (κ1) is 20.5. The summed E-state index contributed by atoms with van der Waals surface area (Å²) in [6, 6.07) is 14.3. The van der Waals surface area contributed by atoms with Gasteiger partial charge in [0, 0.05) is 54.7 Å². The van der Waals surface area contributed by atoms with Crippen LogP contribution in [0.2, 0.25) is 0 Å². The van der Waals surface area contributed by atoms with Gasteiger partial charge in [-0.15, -0.1) is 11.3 Å². The van der Waals surface area contributed by atoms with Crippen molar-refractivity contribution in [2.45, 2.75) is 6.42 Å². The maximum atomic E-state index is 13.2. The van der Waals surface area contributed by atoms with Crippen LogP contribution >= 0.6 is 11.3 Å². The molecule has 32 heavy (non-hydrogen) atoms. The number of carbonyl (C=O) groups is 1. The summed E-state index contributed by atoms with van der Waals surface area (Å²) >= 11 is 1.51. The molecule has 0 spiro atoms. The molecule has 0 unspecified atom stereocenters. The van der Waals surface area contributed by atoms with E-state index in [2.05, 4.69) is 22.0 Å². The predicted octanol–water partition coefficient (Wildman–Crippen LogP) is 4.10. The largest absolute Gasteiger partial charge is 0.497 e. The third-order valence-electron chi connectivity index (χ3n) is 5.83. The zero-order valence-corrected chi connectivity index (χ0v) is 18.5. The molecule has 1 aliphatic heterocycles. The topological polar surface area (TPSA) is 50.1 Å². The Bertz CT molecular complexity index is 1230. The van der Waals surface area contributed by atoms with Gasteiger partial charge in [0.1, 0.15) is 11.6 Å². The molecule has 1 saturated heterocycles. The number of amides is 1. The van der Waals surface area contributed by atoms with E-state index in [1.54, 1.807) is 19.2 Å². The van der Waals surface area contributed by atoms with E-state index in [9.17, 15) is 9.18 Å². The minimum absolute atomic E-state index is 0.121. The van der Waals surface area contributed by atoms with E-state index in [1.165, 1.54) is 23.5 Å². The Morgan fingerprint density at radius 2 is 1.78 bits per heavy atom. The first-order valence-corrected chi connectivity index (χ1v) is 11.4. The van der Waals surface area contributed by atoms with E-state index in [0.717, 1.165) is 46.4 Å². The van der Waals surface area contributed by atoms with Crippen molar-refractivity contribution >= 4 is 27.9 Å². The number of hydrogen-bond donors (Lipinski definition) is 0. The van der Waals surface area contributed by atoms with Crippen molar-refractivity contribution in [2.75, 3.05) is 38.2 Å². The second-order valence-electron chi connectivity index (χ2n) is 7.76. The van der Waals surface area contributed by atoms with Crippen LogP contribution < -0.4 is 9.64 Å². The van der Waals surface area contributed by atoms with Gasteiger partial charge >= 0.3 is 0 Å². The van der Waals surface area contributed by atoms with Gasteiger partial charge < -0.3 is 14.5 Å². The molecule has 164 valence electrons. The third-order valence-corrected chi connectivity index (χ3v) is 6.71. The number of halogens is 1. The van der Waals surface area contributed by atoms with E-state index in [-0.39, 0.29) is 11.7 Å². The second-order valence-corrected chi connectivity index (χ2v) is 8.59. The number of thiazole rings is 1. The van der Waals surface area contributed by atoms with Crippen LogP contribution in [0.5, 0.6) is 5.75 Å². The normalized spacial score (nSPS) is 14.2. The van der Waals surface area contributed by atoms with E-state index in [0.29, 0.717) is 19.5 Å². The first-order chi connectivity index (χ1) is 15.6. The molecule has 0 radical (unpaired) electrons. The van der Waals surface area contributed by atoms with Gasteiger partial charge in [0.05, 0.1) is 19.2 Å². The van der Waals surface area contributed by atoms with Crippen LogP contribution in [0.4, 0.5) is 10.1 Å². The van der Waals surface area contributed by atoms with Gasteiger partial charge in [-0.05, 0) is 48.5 Å². The molecule has 1 amide bonds. The molecule has 2 aromatic heterocycles. The predicted molar refractivity (Wildman–Crippen MR) is 124 cm³/mol. The fourth-order valence-corrected chi connectivity index (χ4v) is 4.86. The van der Waals surface area contributed by atoms with E-state index < -0.39 is 0 Å². The average molecular weight is 451 g/mol. The second kappa shape index (κ2) is 8.63. The fraction of sp³-hybridized carbons (Fsp3) is 0.250. The van der Waals surface area contributed by atoms with Crippen LogP contribution in [-0.4, -0.2) is 53.5 Å². The standard InChI is InChI=1S/C24H23FN4O2S/c1-31-21-8-6-19(7-9-21)27-10-12-28(13-11-27)23(30)14-20-16-32-24-26-22(15-29(20)24)17-2-4-18(25)5-3-17/h2-9,15-16H,10-14H2,1H3. The summed E-state index contributed by atoms with van der Waals surface area (Å²) in [4.78, 5) is 22.6. The highest BCUT2D eigenvalue weighted by Crippen LogP contribution is 2.25.